The van der Waals surface area contributed by atoms with Crippen molar-refractivity contribution in [1.29, 1.82) is 0 Å². The molecule has 0 aliphatic heterocycles. The molecule has 0 unspecified atom stereocenters. The maximum absolute atomic E-state index is 13.5. The molecule has 0 saturated heterocycles. The lowest BCUT2D eigenvalue weighted by molar-refractivity contribution is -0.140. The fourth-order valence-electron chi connectivity index (χ4n) is 3.51. The van der Waals surface area contributed by atoms with E-state index >= 15 is 0 Å². The highest BCUT2D eigenvalue weighted by molar-refractivity contribution is 9.10. The Kier molecular flexibility index (Phi) is 8.56. The molecule has 3 aromatic rings. The van der Waals surface area contributed by atoms with E-state index in [1.807, 2.05) is 61.5 Å². The maximum atomic E-state index is 13.5. The third-order valence-electron chi connectivity index (χ3n) is 5.16. The zero-order valence-corrected chi connectivity index (χ0v) is 19.5. The zero-order valence-electron chi connectivity index (χ0n) is 17.9. The average Bonchev–Trinajstić information content (AvgIpc) is 2.79. The summed E-state index contributed by atoms with van der Waals surface area (Å²) < 4.78 is 14.3. The van der Waals surface area contributed by atoms with Crippen LogP contribution in [0.2, 0.25) is 0 Å². The Labute approximate surface area is 196 Å². The second kappa shape index (κ2) is 11.6. The summed E-state index contributed by atoms with van der Waals surface area (Å²) in [7, 11) is 0. The van der Waals surface area contributed by atoms with Crippen molar-refractivity contribution >= 4 is 27.7 Å². The molecule has 3 aromatic carbocycles. The Morgan fingerprint density at radius 2 is 1.53 bits per heavy atom. The zero-order chi connectivity index (χ0) is 22.9. The lowest BCUT2D eigenvalue weighted by atomic mass is 10.0. The van der Waals surface area contributed by atoms with E-state index in [0.29, 0.717) is 25.1 Å². The first kappa shape index (κ1) is 23.7. The molecular weight excluding hydrogens is 471 g/mol. The number of carbonyl (C=O) groups excluding carboxylic acids is 2. The Morgan fingerprint density at radius 3 is 2.16 bits per heavy atom. The van der Waals surface area contributed by atoms with E-state index in [-0.39, 0.29) is 24.1 Å². The van der Waals surface area contributed by atoms with Gasteiger partial charge in [0.05, 0.1) is 6.42 Å². The largest absolute Gasteiger partial charge is 0.355 e. The van der Waals surface area contributed by atoms with Gasteiger partial charge >= 0.3 is 0 Å². The first-order valence-corrected chi connectivity index (χ1v) is 11.4. The Balaban J connectivity index is 1.93. The third-order valence-corrected chi connectivity index (χ3v) is 5.69. The Morgan fingerprint density at radius 1 is 0.906 bits per heavy atom. The standard InChI is InChI=1S/C26H26BrFN2O2/c1-2-29-26(32)24(16-19-6-4-3-5-7-19)30(18-21-8-12-22(27)13-9-21)25(31)17-20-10-14-23(28)15-11-20/h3-15,24H,2,16-18H2,1H3,(H,29,32)/t24-/m1/s1. The number of nitrogens with zero attached hydrogens (tertiary/aromatic N) is 1. The predicted octanol–water partition coefficient (Wildman–Crippen LogP) is 4.91. The van der Waals surface area contributed by atoms with Gasteiger partial charge in [-0.05, 0) is 47.9 Å². The lowest BCUT2D eigenvalue weighted by Gasteiger charge is -2.31. The van der Waals surface area contributed by atoms with Gasteiger partial charge in [-0.1, -0.05) is 70.5 Å². The average molecular weight is 497 g/mol. The monoisotopic (exact) mass is 496 g/mol. The summed E-state index contributed by atoms with van der Waals surface area (Å²) in [5.74, 6) is -0.732. The summed E-state index contributed by atoms with van der Waals surface area (Å²) in [4.78, 5) is 28.2. The molecule has 0 fully saturated rings. The summed E-state index contributed by atoms with van der Waals surface area (Å²) in [6, 6.07) is 22.6. The first-order chi connectivity index (χ1) is 15.5. The normalized spacial score (nSPS) is 11.6. The number of benzene rings is 3. The van der Waals surface area contributed by atoms with Gasteiger partial charge in [0.1, 0.15) is 11.9 Å². The van der Waals surface area contributed by atoms with Crippen molar-refractivity contribution in [3.05, 3.63) is 106 Å². The molecule has 0 spiro atoms. The van der Waals surface area contributed by atoms with Crippen LogP contribution in [0.4, 0.5) is 4.39 Å². The number of carbonyl (C=O) groups is 2. The van der Waals surface area contributed by atoms with Crippen LogP contribution in [0.25, 0.3) is 0 Å². The van der Waals surface area contributed by atoms with Crippen molar-refractivity contribution < 1.29 is 14.0 Å². The molecule has 0 heterocycles. The molecule has 1 atom stereocenters. The summed E-state index contributed by atoms with van der Waals surface area (Å²) >= 11 is 3.43. The molecule has 0 saturated carbocycles. The molecular formula is C26H26BrFN2O2. The molecule has 0 bridgehead atoms. The molecule has 32 heavy (non-hydrogen) atoms. The van der Waals surface area contributed by atoms with Crippen molar-refractivity contribution in [3.63, 3.8) is 0 Å². The number of rotatable bonds is 9. The number of likely N-dealkylation sites (N-methyl/N-ethyl adjacent to an activating group) is 1. The minimum atomic E-state index is -0.672. The van der Waals surface area contributed by atoms with Crippen LogP contribution in [0.3, 0.4) is 0 Å². The van der Waals surface area contributed by atoms with Crippen LogP contribution < -0.4 is 5.32 Å². The molecule has 4 nitrogen and oxygen atoms in total. The van der Waals surface area contributed by atoms with E-state index in [2.05, 4.69) is 21.2 Å². The number of hydrogen-bond donors (Lipinski definition) is 1. The van der Waals surface area contributed by atoms with Gasteiger partial charge in [0, 0.05) is 24.0 Å². The number of hydrogen-bond acceptors (Lipinski definition) is 2. The predicted molar refractivity (Wildman–Crippen MR) is 127 cm³/mol. The van der Waals surface area contributed by atoms with Crippen LogP contribution in [0.1, 0.15) is 23.6 Å². The second-order valence-electron chi connectivity index (χ2n) is 7.55. The molecule has 3 rings (SSSR count). The molecule has 166 valence electrons. The first-order valence-electron chi connectivity index (χ1n) is 10.6. The Hall–Kier alpha value is -2.99. The van der Waals surface area contributed by atoms with Gasteiger partial charge in [-0.15, -0.1) is 0 Å². The Bertz CT molecular complexity index is 1020. The molecule has 0 aliphatic carbocycles. The van der Waals surface area contributed by atoms with Gasteiger partial charge in [0.15, 0.2) is 0 Å². The minimum absolute atomic E-state index is 0.0848. The van der Waals surface area contributed by atoms with E-state index in [0.717, 1.165) is 15.6 Å². The molecule has 0 aromatic heterocycles. The van der Waals surface area contributed by atoms with Crippen LogP contribution >= 0.6 is 15.9 Å². The lowest BCUT2D eigenvalue weighted by Crippen LogP contribution is -2.50. The quantitative estimate of drug-likeness (QED) is 0.457. The van der Waals surface area contributed by atoms with E-state index in [9.17, 15) is 14.0 Å². The van der Waals surface area contributed by atoms with Gasteiger partial charge in [-0.25, -0.2) is 4.39 Å². The summed E-state index contributed by atoms with van der Waals surface area (Å²) in [5, 5.41) is 2.88. The SMILES string of the molecule is CCNC(=O)[C@@H](Cc1ccccc1)N(Cc1ccc(Br)cc1)C(=O)Cc1ccc(F)cc1. The number of nitrogens with one attached hydrogen (secondary N) is 1. The van der Waals surface area contributed by atoms with E-state index in [4.69, 9.17) is 0 Å². The highest BCUT2D eigenvalue weighted by atomic mass is 79.9. The van der Waals surface area contributed by atoms with Crippen molar-refractivity contribution in [2.75, 3.05) is 6.54 Å². The molecule has 1 N–H and O–H groups in total. The van der Waals surface area contributed by atoms with Gasteiger partial charge in [-0.3, -0.25) is 9.59 Å². The van der Waals surface area contributed by atoms with Gasteiger partial charge in [0.2, 0.25) is 11.8 Å². The van der Waals surface area contributed by atoms with E-state index < -0.39 is 6.04 Å². The van der Waals surface area contributed by atoms with Crippen molar-refractivity contribution in [2.24, 2.45) is 0 Å². The van der Waals surface area contributed by atoms with Crippen molar-refractivity contribution in [2.45, 2.75) is 32.4 Å². The summed E-state index contributed by atoms with van der Waals surface area (Å²) in [6.07, 6.45) is 0.486. The molecule has 2 amide bonds. The minimum Gasteiger partial charge on any atom is -0.355 e. The van der Waals surface area contributed by atoms with Crippen molar-refractivity contribution in [3.8, 4) is 0 Å². The van der Waals surface area contributed by atoms with Crippen LogP contribution in [0.5, 0.6) is 0 Å². The second-order valence-corrected chi connectivity index (χ2v) is 8.47. The highest BCUT2D eigenvalue weighted by Crippen LogP contribution is 2.18. The smallest absolute Gasteiger partial charge is 0.243 e. The fourth-order valence-corrected chi connectivity index (χ4v) is 3.78. The number of halogens is 2. The third kappa shape index (κ3) is 6.76. The van der Waals surface area contributed by atoms with E-state index in [1.54, 1.807) is 17.0 Å². The molecule has 6 heteroatoms. The van der Waals surface area contributed by atoms with Crippen LogP contribution in [0.15, 0.2) is 83.3 Å². The van der Waals surface area contributed by atoms with Crippen LogP contribution in [0, 0.1) is 5.82 Å². The van der Waals surface area contributed by atoms with E-state index in [1.165, 1.54) is 12.1 Å². The van der Waals surface area contributed by atoms with Crippen LogP contribution in [-0.4, -0.2) is 29.3 Å². The highest BCUT2D eigenvalue weighted by Gasteiger charge is 2.30. The maximum Gasteiger partial charge on any atom is 0.243 e. The van der Waals surface area contributed by atoms with Gasteiger partial charge in [-0.2, -0.15) is 0 Å². The van der Waals surface area contributed by atoms with Gasteiger partial charge in [0.25, 0.3) is 0 Å². The fraction of sp³-hybridized carbons (Fsp3) is 0.231. The topological polar surface area (TPSA) is 49.4 Å². The number of amides is 2. The van der Waals surface area contributed by atoms with Gasteiger partial charge < -0.3 is 10.2 Å². The van der Waals surface area contributed by atoms with Crippen molar-refractivity contribution in [1.82, 2.24) is 10.2 Å². The molecule has 0 radical (unpaired) electrons. The molecule has 0 aliphatic rings. The van der Waals surface area contributed by atoms with Crippen LogP contribution in [-0.2, 0) is 29.0 Å². The summed E-state index contributed by atoms with van der Waals surface area (Å²) in [5.41, 5.74) is 2.59. The summed E-state index contributed by atoms with van der Waals surface area (Å²) in [6.45, 7) is 2.63.